The number of nitrogens with two attached hydrogens (primary N) is 1. The minimum atomic E-state index is -0.437. The molecular formula is C14H23ClN4O. The van der Waals surface area contributed by atoms with Gasteiger partial charge >= 0.3 is 0 Å². The van der Waals surface area contributed by atoms with Gasteiger partial charge in [0.05, 0.1) is 6.04 Å². The van der Waals surface area contributed by atoms with E-state index in [0.29, 0.717) is 12.5 Å². The number of hydrogen-bond donors (Lipinski definition) is 2. The Morgan fingerprint density at radius 1 is 1.40 bits per heavy atom. The summed E-state index contributed by atoms with van der Waals surface area (Å²) in [7, 11) is 0. The molecule has 6 heteroatoms. The standard InChI is InChI=1S/C14H22N4O.ClH/c1-9(2)12(15)14(19)16-6-5-10-7-17-13(18-8-10)11-3-4-11;/h7-9,11-12H,3-6,15H2,1-2H3,(H,16,19);1H/t12-;/m0./s1. The van der Waals surface area contributed by atoms with Crippen molar-refractivity contribution in [3.8, 4) is 0 Å². The Morgan fingerprint density at radius 3 is 2.50 bits per heavy atom. The van der Waals surface area contributed by atoms with Crippen molar-refractivity contribution in [3.05, 3.63) is 23.8 Å². The highest BCUT2D eigenvalue weighted by Gasteiger charge is 2.26. The highest BCUT2D eigenvalue weighted by molar-refractivity contribution is 5.85. The van der Waals surface area contributed by atoms with Crippen molar-refractivity contribution in [2.24, 2.45) is 11.7 Å². The van der Waals surface area contributed by atoms with Gasteiger partial charge in [0, 0.05) is 24.9 Å². The van der Waals surface area contributed by atoms with Gasteiger partial charge in [0.2, 0.25) is 5.91 Å². The lowest BCUT2D eigenvalue weighted by atomic mass is 10.1. The van der Waals surface area contributed by atoms with Crippen molar-refractivity contribution >= 4 is 18.3 Å². The van der Waals surface area contributed by atoms with E-state index in [4.69, 9.17) is 5.73 Å². The first-order valence-corrected chi connectivity index (χ1v) is 6.92. The third kappa shape index (κ3) is 4.72. The third-order valence-corrected chi connectivity index (χ3v) is 3.40. The lowest BCUT2D eigenvalue weighted by Crippen LogP contribution is -2.44. The normalized spacial score (nSPS) is 15.6. The number of rotatable bonds is 6. The maximum absolute atomic E-state index is 11.7. The molecule has 0 radical (unpaired) electrons. The zero-order valence-electron chi connectivity index (χ0n) is 12.0. The summed E-state index contributed by atoms with van der Waals surface area (Å²) in [5.41, 5.74) is 6.81. The summed E-state index contributed by atoms with van der Waals surface area (Å²) < 4.78 is 0. The summed E-state index contributed by atoms with van der Waals surface area (Å²) in [5, 5.41) is 2.84. The Balaban J connectivity index is 0.00000200. The molecule has 0 unspecified atom stereocenters. The summed E-state index contributed by atoms with van der Waals surface area (Å²) in [6.45, 7) is 4.45. The molecule has 1 heterocycles. The minimum absolute atomic E-state index is 0. The van der Waals surface area contributed by atoms with Crippen LogP contribution in [0.25, 0.3) is 0 Å². The van der Waals surface area contributed by atoms with Crippen molar-refractivity contribution < 1.29 is 4.79 Å². The number of halogens is 1. The molecule has 1 aliphatic rings. The molecule has 1 fully saturated rings. The molecule has 0 bridgehead atoms. The van der Waals surface area contributed by atoms with E-state index in [0.717, 1.165) is 17.8 Å². The van der Waals surface area contributed by atoms with E-state index in [1.165, 1.54) is 12.8 Å². The maximum atomic E-state index is 11.7. The zero-order chi connectivity index (χ0) is 13.8. The third-order valence-electron chi connectivity index (χ3n) is 3.40. The van der Waals surface area contributed by atoms with Crippen LogP contribution < -0.4 is 11.1 Å². The van der Waals surface area contributed by atoms with Crippen molar-refractivity contribution in [1.29, 1.82) is 0 Å². The van der Waals surface area contributed by atoms with Gasteiger partial charge in [-0.05, 0) is 30.7 Å². The molecule has 2 rings (SSSR count). The van der Waals surface area contributed by atoms with Gasteiger partial charge in [-0.1, -0.05) is 13.8 Å². The topological polar surface area (TPSA) is 80.9 Å². The largest absolute Gasteiger partial charge is 0.354 e. The summed E-state index contributed by atoms with van der Waals surface area (Å²) in [4.78, 5) is 20.4. The predicted octanol–water partition coefficient (Wildman–Crippen LogP) is 1.42. The Bertz CT molecular complexity index is 431. The second kappa shape index (κ2) is 7.55. The smallest absolute Gasteiger partial charge is 0.237 e. The summed E-state index contributed by atoms with van der Waals surface area (Å²) in [5.74, 6) is 1.60. The summed E-state index contributed by atoms with van der Waals surface area (Å²) in [6.07, 6.45) is 6.87. The SMILES string of the molecule is CC(C)[C@H](N)C(=O)NCCc1cnc(C2CC2)nc1.Cl. The summed E-state index contributed by atoms with van der Waals surface area (Å²) >= 11 is 0. The molecule has 20 heavy (non-hydrogen) atoms. The average molecular weight is 299 g/mol. The fourth-order valence-electron chi connectivity index (χ4n) is 1.80. The minimum Gasteiger partial charge on any atom is -0.354 e. The molecule has 1 aromatic rings. The maximum Gasteiger partial charge on any atom is 0.237 e. The van der Waals surface area contributed by atoms with Gasteiger partial charge in [-0.15, -0.1) is 12.4 Å². The van der Waals surface area contributed by atoms with Crippen LogP contribution in [-0.2, 0) is 11.2 Å². The number of carbonyl (C=O) groups is 1. The number of nitrogens with one attached hydrogen (secondary N) is 1. The van der Waals surface area contributed by atoms with Gasteiger partial charge in [0.25, 0.3) is 0 Å². The Kier molecular flexibility index (Phi) is 6.36. The van der Waals surface area contributed by atoms with Gasteiger partial charge in [0.15, 0.2) is 0 Å². The van der Waals surface area contributed by atoms with Crippen LogP contribution in [-0.4, -0.2) is 28.5 Å². The first kappa shape index (κ1) is 16.9. The van der Waals surface area contributed by atoms with Gasteiger partial charge in [-0.25, -0.2) is 9.97 Å². The lowest BCUT2D eigenvalue weighted by molar-refractivity contribution is -0.123. The molecule has 0 saturated heterocycles. The molecule has 0 aliphatic heterocycles. The number of carbonyl (C=O) groups excluding carboxylic acids is 1. The second-order valence-electron chi connectivity index (χ2n) is 5.53. The van der Waals surface area contributed by atoms with Crippen LogP contribution in [0.1, 0.15) is 44.0 Å². The van der Waals surface area contributed by atoms with Crippen molar-refractivity contribution in [2.75, 3.05) is 6.54 Å². The van der Waals surface area contributed by atoms with Gasteiger partial charge in [0.1, 0.15) is 5.82 Å². The predicted molar refractivity (Wildman–Crippen MR) is 80.8 cm³/mol. The first-order valence-electron chi connectivity index (χ1n) is 6.92. The molecule has 112 valence electrons. The monoisotopic (exact) mass is 298 g/mol. The quantitative estimate of drug-likeness (QED) is 0.832. The van der Waals surface area contributed by atoms with Crippen LogP contribution in [0.2, 0.25) is 0 Å². The Hall–Kier alpha value is -1.20. The lowest BCUT2D eigenvalue weighted by Gasteiger charge is -2.15. The highest BCUT2D eigenvalue weighted by Crippen LogP contribution is 2.37. The highest BCUT2D eigenvalue weighted by atomic mass is 35.5. The van der Waals surface area contributed by atoms with Crippen molar-refractivity contribution in [2.45, 2.75) is 45.1 Å². The van der Waals surface area contributed by atoms with E-state index in [-0.39, 0.29) is 24.2 Å². The van der Waals surface area contributed by atoms with Crippen molar-refractivity contribution in [3.63, 3.8) is 0 Å². The van der Waals surface area contributed by atoms with E-state index in [1.807, 2.05) is 26.2 Å². The van der Waals surface area contributed by atoms with Crippen LogP contribution in [0.3, 0.4) is 0 Å². The Labute approximate surface area is 126 Å². The molecule has 0 spiro atoms. The van der Waals surface area contributed by atoms with Crippen LogP contribution in [0, 0.1) is 5.92 Å². The fraction of sp³-hybridized carbons (Fsp3) is 0.643. The van der Waals surface area contributed by atoms with E-state index in [9.17, 15) is 4.79 Å². The van der Waals surface area contributed by atoms with Gasteiger partial charge < -0.3 is 11.1 Å². The van der Waals surface area contributed by atoms with Crippen molar-refractivity contribution in [1.82, 2.24) is 15.3 Å². The van der Waals surface area contributed by atoms with E-state index >= 15 is 0 Å². The molecule has 1 aromatic heterocycles. The first-order chi connectivity index (χ1) is 9.08. The van der Waals surface area contributed by atoms with Crippen LogP contribution in [0.4, 0.5) is 0 Å². The van der Waals surface area contributed by atoms with Crippen LogP contribution >= 0.6 is 12.4 Å². The van der Waals surface area contributed by atoms with Crippen LogP contribution in [0.15, 0.2) is 12.4 Å². The molecule has 3 N–H and O–H groups in total. The average Bonchev–Trinajstić information content (AvgIpc) is 3.22. The fourth-order valence-corrected chi connectivity index (χ4v) is 1.80. The van der Waals surface area contributed by atoms with Crippen LogP contribution in [0.5, 0.6) is 0 Å². The number of hydrogen-bond acceptors (Lipinski definition) is 4. The Morgan fingerprint density at radius 2 is 2.00 bits per heavy atom. The van der Waals surface area contributed by atoms with E-state index < -0.39 is 6.04 Å². The molecule has 1 atom stereocenters. The summed E-state index contributed by atoms with van der Waals surface area (Å²) in [6, 6.07) is -0.437. The molecule has 0 aromatic carbocycles. The molecule has 1 saturated carbocycles. The zero-order valence-corrected chi connectivity index (χ0v) is 12.8. The molecule has 1 aliphatic carbocycles. The second-order valence-corrected chi connectivity index (χ2v) is 5.53. The van der Waals surface area contributed by atoms with E-state index in [1.54, 1.807) is 0 Å². The van der Waals surface area contributed by atoms with E-state index in [2.05, 4.69) is 15.3 Å². The number of nitrogens with zero attached hydrogens (tertiary/aromatic N) is 2. The van der Waals surface area contributed by atoms with Gasteiger partial charge in [-0.3, -0.25) is 4.79 Å². The molecular weight excluding hydrogens is 276 g/mol. The molecule has 1 amide bonds. The number of amides is 1. The number of aromatic nitrogens is 2. The van der Waals surface area contributed by atoms with Gasteiger partial charge in [-0.2, -0.15) is 0 Å². The molecule has 5 nitrogen and oxygen atoms in total.